The fourth-order valence-corrected chi connectivity index (χ4v) is 6.09. The van der Waals surface area contributed by atoms with Crippen LogP contribution in [-0.2, 0) is 14.6 Å². The third kappa shape index (κ3) is 4.27. The van der Waals surface area contributed by atoms with Gasteiger partial charge in [-0.1, -0.05) is 19.8 Å². The fraction of sp³-hybridized carbons (Fsp3) is 0.941. The maximum absolute atomic E-state index is 13.0. The average molecular weight is 343 g/mol. The van der Waals surface area contributed by atoms with Crippen LogP contribution in [-0.4, -0.2) is 67.3 Å². The first-order valence-electron chi connectivity index (χ1n) is 9.18. The lowest BCUT2D eigenvalue weighted by Crippen LogP contribution is -2.51. The number of nitrogens with zero attached hydrogens (tertiary/aromatic N) is 2. The number of hydrogen-bond donors (Lipinski definition) is 0. The van der Waals surface area contributed by atoms with Crippen LogP contribution >= 0.6 is 0 Å². The number of carbonyl (C=O) groups is 1. The van der Waals surface area contributed by atoms with E-state index >= 15 is 0 Å². The third-order valence-corrected chi connectivity index (χ3v) is 7.59. The lowest BCUT2D eigenvalue weighted by molar-refractivity contribution is -0.137. The smallest absolute Gasteiger partial charge is 0.237 e. The van der Waals surface area contributed by atoms with Gasteiger partial charge in [-0.3, -0.25) is 9.69 Å². The van der Waals surface area contributed by atoms with Crippen molar-refractivity contribution in [2.24, 2.45) is 5.92 Å². The van der Waals surface area contributed by atoms with Gasteiger partial charge in [-0.25, -0.2) is 8.42 Å². The molecule has 6 heteroatoms. The van der Waals surface area contributed by atoms with Gasteiger partial charge in [-0.2, -0.15) is 0 Å². The molecule has 3 rings (SSSR count). The standard InChI is InChI=1S/C17H30N2O3S/c1-14-6-9-18(10-7-14)12-17(20)19(15-4-2-3-5-15)16-8-11-23(21,22)13-16/h14-16H,2-13H2,1H3. The topological polar surface area (TPSA) is 57.7 Å². The monoisotopic (exact) mass is 342 g/mol. The Kier molecular flexibility index (Phi) is 5.31. The predicted molar refractivity (Wildman–Crippen MR) is 91.0 cm³/mol. The van der Waals surface area contributed by atoms with Gasteiger partial charge in [-0.05, 0) is 51.1 Å². The van der Waals surface area contributed by atoms with Crippen LogP contribution in [0.5, 0.6) is 0 Å². The van der Waals surface area contributed by atoms with E-state index in [4.69, 9.17) is 0 Å². The molecule has 0 aromatic heterocycles. The van der Waals surface area contributed by atoms with Crippen LogP contribution in [0.2, 0.25) is 0 Å². The molecule has 0 aromatic rings. The SMILES string of the molecule is CC1CCN(CC(=O)N(C2CCCC2)C2CCS(=O)(=O)C2)CC1. The van der Waals surface area contributed by atoms with E-state index in [0.717, 1.165) is 57.5 Å². The Balaban J connectivity index is 1.66. The number of piperidine rings is 1. The van der Waals surface area contributed by atoms with E-state index in [2.05, 4.69) is 11.8 Å². The van der Waals surface area contributed by atoms with E-state index in [-0.39, 0.29) is 29.5 Å². The minimum Gasteiger partial charge on any atom is -0.335 e. The molecule has 5 nitrogen and oxygen atoms in total. The van der Waals surface area contributed by atoms with Crippen LogP contribution in [0.1, 0.15) is 51.9 Å². The number of sulfone groups is 1. The molecule has 1 saturated carbocycles. The molecule has 1 aliphatic carbocycles. The van der Waals surface area contributed by atoms with Gasteiger partial charge in [0.15, 0.2) is 9.84 Å². The molecule has 2 aliphatic heterocycles. The van der Waals surface area contributed by atoms with E-state index < -0.39 is 9.84 Å². The van der Waals surface area contributed by atoms with Crippen molar-refractivity contribution in [2.75, 3.05) is 31.1 Å². The minimum atomic E-state index is -2.95. The number of carbonyl (C=O) groups excluding carboxylic acids is 1. The molecule has 132 valence electrons. The number of amides is 1. The average Bonchev–Trinajstić information content (AvgIpc) is 3.12. The second-order valence-corrected chi connectivity index (χ2v) is 9.98. The first-order valence-corrected chi connectivity index (χ1v) is 11.0. The Labute approximate surface area is 140 Å². The van der Waals surface area contributed by atoms with Gasteiger partial charge in [0, 0.05) is 12.1 Å². The van der Waals surface area contributed by atoms with E-state index in [0.29, 0.717) is 13.0 Å². The quantitative estimate of drug-likeness (QED) is 0.780. The van der Waals surface area contributed by atoms with Crippen molar-refractivity contribution in [3.63, 3.8) is 0 Å². The van der Waals surface area contributed by atoms with Crippen LogP contribution < -0.4 is 0 Å². The lowest BCUT2D eigenvalue weighted by atomic mass is 9.99. The van der Waals surface area contributed by atoms with Crippen LogP contribution in [0.25, 0.3) is 0 Å². The molecule has 1 amide bonds. The highest BCUT2D eigenvalue weighted by atomic mass is 32.2. The van der Waals surface area contributed by atoms with Crippen LogP contribution in [0.3, 0.4) is 0 Å². The molecule has 2 saturated heterocycles. The molecule has 0 spiro atoms. The largest absolute Gasteiger partial charge is 0.335 e. The summed E-state index contributed by atoms with van der Waals surface area (Å²) >= 11 is 0. The highest BCUT2D eigenvalue weighted by Gasteiger charge is 2.39. The number of likely N-dealkylation sites (tertiary alicyclic amines) is 1. The Morgan fingerprint density at radius 1 is 1.04 bits per heavy atom. The maximum atomic E-state index is 13.0. The third-order valence-electron chi connectivity index (χ3n) is 5.84. The van der Waals surface area contributed by atoms with Crippen molar-refractivity contribution in [1.82, 2.24) is 9.80 Å². The molecule has 0 radical (unpaired) electrons. The summed E-state index contributed by atoms with van der Waals surface area (Å²) in [6.07, 6.45) is 7.35. The van der Waals surface area contributed by atoms with Gasteiger partial charge >= 0.3 is 0 Å². The molecule has 3 aliphatic rings. The van der Waals surface area contributed by atoms with Crippen LogP contribution in [0.15, 0.2) is 0 Å². The molecule has 0 N–H and O–H groups in total. The molecular formula is C17H30N2O3S. The van der Waals surface area contributed by atoms with Crippen molar-refractivity contribution in [2.45, 2.75) is 64.0 Å². The van der Waals surface area contributed by atoms with Crippen molar-refractivity contribution >= 4 is 15.7 Å². The van der Waals surface area contributed by atoms with E-state index in [1.807, 2.05) is 4.90 Å². The van der Waals surface area contributed by atoms with Gasteiger partial charge in [0.05, 0.1) is 18.1 Å². The molecule has 1 atom stereocenters. The lowest BCUT2D eigenvalue weighted by Gasteiger charge is -2.37. The molecule has 2 heterocycles. The summed E-state index contributed by atoms with van der Waals surface area (Å²) in [5.74, 6) is 1.34. The summed E-state index contributed by atoms with van der Waals surface area (Å²) in [6.45, 7) is 4.73. The molecule has 0 bridgehead atoms. The Morgan fingerprint density at radius 3 is 2.26 bits per heavy atom. The van der Waals surface area contributed by atoms with Crippen molar-refractivity contribution < 1.29 is 13.2 Å². The fourth-order valence-electron chi connectivity index (χ4n) is 4.38. The van der Waals surface area contributed by atoms with Gasteiger partial charge in [0.1, 0.15) is 0 Å². The molecule has 1 unspecified atom stereocenters. The predicted octanol–water partition coefficient (Wildman–Crippen LogP) is 1.68. The molecule has 0 aromatic carbocycles. The van der Waals surface area contributed by atoms with Crippen molar-refractivity contribution in [3.8, 4) is 0 Å². The second-order valence-electron chi connectivity index (χ2n) is 7.75. The first kappa shape index (κ1) is 17.2. The van der Waals surface area contributed by atoms with E-state index in [9.17, 15) is 13.2 Å². The summed E-state index contributed by atoms with van der Waals surface area (Å²) in [6, 6.07) is 0.184. The zero-order valence-electron chi connectivity index (χ0n) is 14.2. The molecular weight excluding hydrogens is 312 g/mol. The van der Waals surface area contributed by atoms with Crippen molar-refractivity contribution in [3.05, 3.63) is 0 Å². The normalized spacial score (nSPS) is 29.9. The highest BCUT2D eigenvalue weighted by molar-refractivity contribution is 7.91. The van der Waals surface area contributed by atoms with E-state index in [1.54, 1.807) is 0 Å². The minimum absolute atomic E-state index is 0.0840. The zero-order chi connectivity index (χ0) is 16.4. The molecule has 23 heavy (non-hydrogen) atoms. The number of rotatable bonds is 4. The summed E-state index contributed by atoms with van der Waals surface area (Å²) in [7, 11) is -2.95. The van der Waals surface area contributed by atoms with Gasteiger partial charge in [0.25, 0.3) is 0 Å². The summed E-state index contributed by atoms with van der Waals surface area (Å²) in [5, 5.41) is 0. The number of hydrogen-bond acceptors (Lipinski definition) is 4. The Hall–Kier alpha value is -0.620. The Bertz CT molecular complexity index is 520. The summed E-state index contributed by atoms with van der Waals surface area (Å²) < 4.78 is 23.7. The van der Waals surface area contributed by atoms with E-state index in [1.165, 1.54) is 0 Å². The van der Waals surface area contributed by atoms with Gasteiger partial charge in [-0.15, -0.1) is 0 Å². The van der Waals surface area contributed by atoms with Gasteiger partial charge in [0.2, 0.25) is 5.91 Å². The van der Waals surface area contributed by atoms with Crippen LogP contribution in [0.4, 0.5) is 0 Å². The van der Waals surface area contributed by atoms with Gasteiger partial charge < -0.3 is 4.90 Å². The second kappa shape index (κ2) is 7.09. The maximum Gasteiger partial charge on any atom is 0.237 e. The zero-order valence-corrected chi connectivity index (χ0v) is 15.1. The molecule has 3 fully saturated rings. The summed E-state index contributed by atoms with van der Waals surface area (Å²) in [4.78, 5) is 17.2. The van der Waals surface area contributed by atoms with Crippen LogP contribution in [0, 0.1) is 5.92 Å². The van der Waals surface area contributed by atoms with Crippen molar-refractivity contribution in [1.29, 1.82) is 0 Å². The highest BCUT2D eigenvalue weighted by Crippen LogP contribution is 2.29. The Morgan fingerprint density at radius 2 is 1.70 bits per heavy atom. The first-order chi connectivity index (χ1) is 10.9. The summed E-state index contributed by atoms with van der Waals surface area (Å²) in [5.41, 5.74) is 0.